The molecule has 27 heavy (non-hydrogen) atoms. The summed E-state index contributed by atoms with van der Waals surface area (Å²) in [6.07, 6.45) is 1.99. The summed E-state index contributed by atoms with van der Waals surface area (Å²) >= 11 is 8.90. The number of imidazole rings is 1. The van der Waals surface area contributed by atoms with Gasteiger partial charge in [-0.3, -0.25) is 9.36 Å². The van der Waals surface area contributed by atoms with Gasteiger partial charge in [0.05, 0.1) is 17.6 Å². The number of hydrogen-bond acceptors (Lipinski definition) is 6. The molecule has 1 N–H and O–H groups in total. The number of Topliss-reactive ketones (excluding diaryl/α,β-unsaturated/α-hetero) is 1. The molecule has 2 heterocycles. The van der Waals surface area contributed by atoms with E-state index in [2.05, 4.69) is 15.3 Å². The Hall–Kier alpha value is -2.35. The van der Waals surface area contributed by atoms with E-state index in [1.807, 2.05) is 40.5 Å². The molecule has 0 saturated carbocycles. The highest BCUT2D eigenvalue weighted by Crippen LogP contribution is 2.28. The maximum atomic E-state index is 12.3. The molecular weight excluding hydrogens is 400 g/mol. The van der Waals surface area contributed by atoms with Crippen LogP contribution in [0.4, 0.5) is 5.13 Å². The number of thiazole rings is 1. The van der Waals surface area contributed by atoms with Crippen molar-refractivity contribution in [1.29, 1.82) is 0 Å². The second-order valence-corrected chi connectivity index (χ2v) is 7.79. The second kappa shape index (κ2) is 7.72. The third kappa shape index (κ3) is 3.71. The molecule has 0 spiro atoms. The standard InChI is InChI=1S/C19H15ClN4OS2/c1-26-19-22-14-4-2-3-5-15(14)24(19)17-11-27-18(23-17)21-10-16(25)12-6-8-13(20)9-7-12/h2-9,11H,10H2,1H3,(H,21,23). The van der Waals surface area contributed by atoms with Crippen molar-refractivity contribution in [1.82, 2.24) is 14.5 Å². The number of nitrogens with one attached hydrogen (secondary N) is 1. The lowest BCUT2D eigenvalue weighted by Gasteiger charge is -2.04. The molecular formula is C19H15ClN4OS2. The lowest BCUT2D eigenvalue weighted by atomic mass is 10.1. The summed E-state index contributed by atoms with van der Waals surface area (Å²) in [6, 6.07) is 14.8. The molecule has 2 aromatic heterocycles. The summed E-state index contributed by atoms with van der Waals surface area (Å²) in [4.78, 5) is 21.6. The summed E-state index contributed by atoms with van der Waals surface area (Å²) in [6.45, 7) is 0.175. The molecule has 0 fully saturated rings. The highest BCUT2D eigenvalue weighted by molar-refractivity contribution is 7.98. The van der Waals surface area contributed by atoms with Gasteiger partial charge in [0.1, 0.15) is 0 Å². The number of fused-ring (bicyclic) bond motifs is 1. The van der Waals surface area contributed by atoms with E-state index < -0.39 is 0 Å². The van der Waals surface area contributed by atoms with Gasteiger partial charge in [-0.05, 0) is 42.7 Å². The lowest BCUT2D eigenvalue weighted by Crippen LogP contribution is -2.13. The van der Waals surface area contributed by atoms with Crippen molar-refractivity contribution in [2.75, 3.05) is 18.1 Å². The number of halogens is 1. The van der Waals surface area contributed by atoms with Crippen LogP contribution in [0.3, 0.4) is 0 Å². The number of rotatable bonds is 6. The van der Waals surface area contributed by atoms with Crippen LogP contribution in [0.2, 0.25) is 5.02 Å². The number of aromatic nitrogens is 3. The molecule has 4 aromatic rings. The van der Waals surface area contributed by atoms with E-state index in [1.54, 1.807) is 36.0 Å². The molecule has 2 aromatic carbocycles. The zero-order chi connectivity index (χ0) is 18.8. The van der Waals surface area contributed by atoms with Crippen LogP contribution in [0.15, 0.2) is 59.1 Å². The summed E-state index contributed by atoms with van der Waals surface area (Å²) in [5.41, 5.74) is 2.56. The highest BCUT2D eigenvalue weighted by atomic mass is 35.5. The largest absolute Gasteiger partial charge is 0.354 e. The lowest BCUT2D eigenvalue weighted by molar-refractivity contribution is 0.101. The highest BCUT2D eigenvalue weighted by Gasteiger charge is 2.14. The van der Waals surface area contributed by atoms with Crippen molar-refractivity contribution in [3.8, 4) is 5.82 Å². The minimum Gasteiger partial charge on any atom is -0.354 e. The molecule has 0 aliphatic heterocycles. The Morgan fingerprint density at radius 2 is 1.96 bits per heavy atom. The molecule has 136 valence electrons. The van der Waals surface area contributed by atoms with E-state index in [0.717, 1.165) is 22.0 Å². The van der Waals surface area contributed by atoms with Crippen LogP contribution in [-0.2, 0) is 0 Å². The summed E-state index contributed by atoms with van der Waals surface area (Å²) in [5, 5.41) is 7.25. The molecule has 0 bridgehead atoms. The van der Waals surface area contributed by atoms with Gasteiger partial charge in [-0.15, -0.1) is 11.3 Å². The number of para-hydroxylation sites is 2. The molecule has 0 amide bonds. The van der Waals surface area contributed by atoms with Crippen molar-refractivity contribution >= 4 is 56.6 Å². The molecule has 0 saturated heterocycles. The zero-order valence-electron chi connectivity index (χ0n) is 14.3. The van der Waals surface area contributed by atoms with E-state index in [1.165, 1.54) is 11.3 Å². The van der Waals surface area contributed by atoms with Gasteiger partial charge in [-0.2, -0.15) is 0 Å². The number of nitrogens with zero attached hydrogens (tertiary/aromatic N) is 3. The Morgan fingerprint density at radius 1 is 1.19 bits per heavy atom. The third-order valence-corrected chi connectivity index (χ3v) is 5.68. The van der Waals surface area contributed by atoms with Gasteiger partial charge >= 0.3 is 0 Å². The van der Waals surface area contributed by atoms with Crippen LogP contribution in [0.1, 0.15) is 10.4 Å². The van der Waals surface area contributed by atoms with Crippen LogP contribution < -0.4 is 5.32 Å². The number of carbonyl (C=O) groups excluding carboxylic acids is 1. The average molecular weight is 415 g/mol. The minimum atomic E-state index is -0.0127. The van der Waals surface area contributed by atoms with Crippen LogP contribution in [0, 0.1) is 0 Å². The Labute approximate surface area is 169 Å². The van der Waals surface area contributed by atoms with Gasteiger partial charge in [0, 0.05) is 16.0 Å². The Kier molecular flexibility index (Phi) is 5.15. The van der Waals surface area contributed by atoms with Crippen LogP contribution in [0.5, 0.6) is 0 Å². The second-order valence-electron chi connectivity index (χ2n) is 5.72. The zero-order valence-corrected chi connectivity index (χ0v) is 16.7. The number of carbonyl (C=O) groups is 1. The Morgan fingerprint density at radius 3 is 2.74 bits per heavy atom. The third-order valence-electron chi connectivity index (χ3n) is 4.00. The Bertz CT molecular complexity index is 1100. The van der Waals surface area contributed by atoms with Gasteiger partial charge in [-0.25, -0.2) is 9.97 Å². The molecule has 0 radical (unpaired) electrons. The number of ketones is 1. The minimum absolute atomic E-state index is 0.0127. The van der Waals surface area contributed by atoms with E-state index in [-0.39, 0.29) is 12.3 Å². The van der Waals surface area contributed by atoms with Crippen LogP contribution in [0.25, 0.3) is 16.9 Å². The van der Waals surface area contributed by atoms with Crippen LogP contribution in [-0.4, -0.2) is 33.1 Å². The van der Waals surface area contributed by atoms with Gasteiger partial charge in [0.15, 0.2) is 21.9 Å². The fourth-order valence-corrected chi connectivity index (χ4v) is 4.07. The van der Waals surface area contributed by atoms with Crippen molar-refractivity contribution in [3.63, 3.8) is 0 Å². The topological polar surface area (TPSA) is 59.8 Å². The first-order valence-corrected chi connectivity index (χ1v) is 10.6. The smallest absolute Gasteiger partial charge is 0.185 e. The number of anilines is 1. The van der Waals surface area contributed by atoms with E-state index in [4.69, 9.17) is 11.6 Å². The van der Waals surface area contributed by atoms with Gasteiger partial charge < -0.3 is 5.32 Å². The predicted molar refractivity (Wildman–Crippen MR) is 113 cm³/mol. The summed E-state index contributed by atoms with van der Waals surface area (Å²) in [5.74, 6) is 0.779. The first-order valence-electron chi connectivity index (χ1n) is 8.16. The molecule has 0 aliphatic rings. The van der Waals surface area contributed by atoms with Crippen molar-refractivity contribution in [2.24, 2.45) is 0 Å². The van der Waals surface area contributed by atoms with Gasteiger partial charge in [-0.1, -0.05) is 35.5 Å². The first kappa shape index (κ1) is 18.0. The van der Waals surface area contributed by atoms with Crippen molar-refractivity contribution in [3.05, 3.63) is 64.5 Å². The van der Waals surface area contributed by atoms with Crippen molar-refractivity contribution in [2.45, 2.75) is 5.16 Å². The molecule has 4 rings (SSSR count). The quantitative estimate of drug-likeness (QED) is 0.349. The maximum Gasteiger partial charge on any atom is 0.185 e. The molecule has 0 unspecified atom stereocenters. The fourth-order valence-electron chi connectivity index (χ4n) is 2.71. The fraction of sp³-hybridized carbons (Fsp3) is 0.105. The predicted octanol–water partition coefficient (Wildman–Crippen LogP) is 5.15. The first-order chi connectivity index (χ1) is 13.2. The molecule has 0 aliphatic carbocycles. The summed E-state index contributed by atoms with van der Waals surface area (Å²) < 4.78 is 2.03. The molecule has 0 atom stereocenters. The van der Waals surface area contributed by atoms with Gasteiger partial charge in [0.2, 0.25) is 0 Å². The van der Waals surface area contributed by atoms with E-state index in [9.17, 15) is 4.79 Å². The number of thioether (sulfide) groups is 1. The normalized spacial score (nSPS) is 11.0. The van der Waals surface area contributed by atoms with E-state index >= 15 is 0 Å². The average Bonchev–Trinajstić information content (AvgIpc) is 3.30. The van der Waals surface area contributed by atoms with E-state index in [0.29, 0.717) is 15.7 Å². The molecule has 5 nitrogen and oxygen atoms in total. The number of hydrogen-bond donors (Lipinski definition) is 1. The number of benzene rings is 2. The Balaban J connectivity index is 1.54. The monoisotopic (exact) mass is 414 g/mol. The summed E-state index contributed by atoms with van der Waals surface area (Å²) in [7, 11) is 0. The molecule has 8 heteroatoms. The van der Waals surface area contributed by atoms with Crippen molar-refractivity contribution < 1.29 is 4.79 Å². The maximum absolute atomic E-state index is 12.3. The van der Waals surface area contributed by atoms with Gasteiger partial charge in [0.25, 0.3) is 0 Å². The van der Waals surface area contributed by atoms with Crippen LogP contribution >= 0.6 is 34.7 Å². The SMILES string of the molecule is CSc1nc2ccccc2n1-c1csc(NCC(=O)c2ccc(Cl)cc2)n1.